The quantitative estimate of drug-likeness (QED) is 0.550. The first-order chi connectivity index (χ1) is 13.1. The lowest BCUT2D eigenvalue weighted by Gasteiger charge is -2.16. The molecule has 5 nitrogen and oxygen atoms in total. The lowest BCUT2D eigenvalue weighted by atomic mass is 10.1. The van der Waals surface area contributed by atoms with Crippen molar-refractivity contribution in [2.45, 2.75) is 0 Å². The highest BCUT2D eigenvalue weighted by Crippen LogP contribution is 2.36. The van der Waals surface area contributed by atoms with Crippen LogP contribution >= 0.6 is 15.9 Å². The fourth-order valence-electron chi connectivity index (χ4n) is 2.96. The first-order valence-corrected chi connectivity index (χ1v) is 8.97. The van der Waals surface area contributed by atoms with Crippen LogP contribution in [0, 0.1) is 0 Å². The molecule has 2 amide bonds. The molecular formula is C21H14BrNO4. The molecule has 4 rings (SSSR count). The van der Waals surface area contributed by atoms with Crippen molar-refractivity contribution in [2.75, 3.05) is 12.0 Å². The van der Waals surface area contributed by atoms with Crippen LogP contribution in [0.1, 0.15) is 20.7 Å². The van der Waals surface area contributed by atoms with Gasteiger partial charge < -0.3 is 9.47 Å². The van der Waals surface area contributed by atoms with Gasteiger partial charge in [-0.3, -0.25) is 9.59 Å². The number of methoxy groups -OCH3 is 1. The highest BCUT2D eigenvalue weighted by Gasteiger charge is 2.38. The van der Waals surface area contributed by atoms with Crippen LogP contribution in [0.3, 0.4) is 0 Å². The fraction of sp³-hybridized carbons (Fsp3) is 0.0476. The first kappa shape index (κ1) is 17.3. The molecule has 0 unspecified atom stereocenters. The number of ether oxygens (including phenoxy) is 2. The molecule has 0 atom stereocenters. The van der Waals surface area contributed by atoms with E-state index in [0.717, 1.165) is 9.37 Å². The van der Waals surface area contributed by atoms with E-state index >= 15 is 0 Å². The summed E-state index contributed by atoms with van der Waals surface area (Å²) in [6.45, 7) is 0. The van der Waals surface area contributed by atoms with Gasteiger partial charge in [0.05, 0.1) is 23.9 Å². The Balaban J connectivity index is 1.68. The highest BCUT2D eigenvalue weighted by molar-refractivity contribution is 9.10. The van der Waals surface area contributed by atoms with Crippen molar-refractivity contribution < 1.29 is 19.1 Å². The summed E-state index contributed by atoms with van der Waals surface area (Å²) in [6, 6.07) is 19.2. The van der Waals surface area contributed by atoms with E-state index in [0.29, 0.717) is 34.1 Å². The predicted octanol–water partition coefficient (Wildman–Crippen LogP) is 5.05. The molecule has 0 saturated carbocycles. The Bertz CT molecular complexity index is 1050. The Morgan fingerprint density at radius 2 is 1.48 bits per heavy atom. The number of nitrogens with zero attached hydrogens (tertiary/aromatic N) is 1. The molecule has 3 aromatic carbocycles. The molecule has 27 heavy (non-hydrogen) atoms. The molecule has 0 N–H and O–H groups in total. The van der Waals surface area contributed by atoms with Gasteiger partial charge in [0.25, 0.3) is 11.8 Å². The zero-order chi connectivity index (χ0) is 19.0. The van der Waals surface area contributed by atoms with Gasteiger partial charge in [-0.2, -0.15) is 0 Å². The summed E-state index contributed by atoms with van der Waals surface area (Å²) >= 11 is 3.37. The Morgan fingerprint density at radius 3 is 2.22 bits per heavy atom. The number of halogens is 1. The zero-order valence-corrected chi connectivity index (χ0v) is 15.9. The van der Waals surface area contributed by atoms with E-state index in [1.165, 1.54) is 7.11 Å². The molecule has 3 aromatic rings. The minimum atomic E-state index is -0.402. The fourth-order valence-corrected chi connectivity index (χ4v) is 3.22. The summed E-state index contributed by atoms with van der Waals surface area (Å²) in [5.41, 5.74) is 1.07. The molecule has 0 bridgehead atoms. The van der Waals surface area contributed by atoms with E-state index in [2.05, 4.69) is 15.9 Å². The molecule has 1 heterocycles. The Hall–Kier alpha value is -3.12. The molecule has 0 radical (unpaired) electrons. The van der Waals surface area contributed by atoms with Crippen molar-refractivity contribution in [2.24, 2.45) is 0 Å². The van der Waals surface area contributed by atoms with E-state index in [-0.39, 0.29) is 5.91 Å². The Labute approximate surface area is 164 Å². The van der Waals surface area contributed by atoms with Crippen LogP contribution in [0.4, 0.5) is 5.69 Å². The van der Waals surface area contributed by atoms with E-state index in [1.807, 2.05) is 24.3 Å². The summed E-state index contributed by atoms with van der Waals surface area (Å²) < 4.78 is 12.0. The smallest absolute Gasteiger partial charge is 0.266 e. The molecule has 134 valence electrons. The molecule has 0 fully saturated rings. The van der Waals surface area contributed by atoms with Crippen molar-refractivity contribution in [3.05, 3.63) is 82.3 Å². The van der Waals surface area contributed by atoms with Gasteiger partial charge >= 0.3 is 0 Å². The number of rotatable bonds is 4. The number of hydrogen-bond donors (Lipinski definition) is 0. The summed E-state index contributed by atoms with van der Waals surface area (Å²) in [5.74, 6) is 0.796. The number of fused-ring (bicyclic) bond motifs is 1. The highest BCUT2D eigenvalue weighted by atomic mass is 79.9. The maximum absolute atomic E-state index is 12.9. The topological polar surface area (TPSA) is 55.8 Å². The SMILES string of the molecule is COc1ccccc1N1C(=O)c2ccc(Oc3ccc(Br)cc3)cc2C1=O. The molecule has 0 aromatic heterocycles. The van der Waals surface area contributed by atoms with Crippen LogP contribution in [-0.2, 0) is 0 Å². The van der Waals surface area contributed by atoms with Crippen LogP contribution in [0.15, 0.2) is 71.2 Å². The van der Waals surface area contributed by atoms with Crippen LogP contribution < -0.4 is 14.4 Å². The summed E-state index contributed by atoms with van der Waals surface area (Å²) in [7, 11) is 1.50. The second-order valence-corrected chi connectivity index (χ2v) is 6.80. The minimum Gasteiger partial charge on any atom is -0.495 e. The average molecular weight is 424 g/mol. The van der Waals surface area contributed by atoms with Crippen molar-refractivity contribution in [1.29, 1.82) is 0 Å². The third-order valence-electron chi connectivity index (χ3n) is 4.23. The summed E-state index contributed by atoms with van der Waals surface area (Å²) in [6.07, 6.45) is 0. The minimum absolute atomic E-state index is 0.306. The Morgan fingerprint density at radius 1 is 0.815 bits per heavy atom. The first-order valence-electron chi connectivity index (χ1n) is 8.18. The molecule has 0 spiro atoms. The van der Waals surface area contributed by atoms with Gasteiger partial charge in [0, 0.05) is 4.47 Å². The monoisotopic (exact) mass is 423 g/mol. The van der Waals surface area contributed by atoms with Crippen molar-refractivity contribution >= 4 is 33.4 Å². The standard InChI is InChI=1S/C21H14BrNO4/c1-26-19-5-3-2-4-18(19)23-20(24)16-11-10-15(12-17(16)21(23)25)27-14-8-6-13(22)7-9-14/h2-12H,1H3. The van der Waals surface area contributed by atoms with Gasteiger partial charge in [-0.05, 0) is 54.6 Å². The molecule has 0 saturated heterocycles. The predicted molar refractivity (Wildman–Crippen MR) is 105 cm³/mol. The van der Waals surface area contributed by atoms with Crippen molar-refractivity contribution in [3.8, 4) is 17.2 Å². The van der Waals surface area contributed by atoms with Crippen molar-refractivity contribution in [1.82, 2.24) is 0 Å². The third kappa shape index (κ3) is 3.08. The van der Waals surface area contributed by atoms with Crippen LogP contribution in [0.2, 0.25) is 0 Å². The molecule has 1 aliphatic rings. The summed E-state index contributed by atoms with van der Waals surface area (Å²) in [5, 5.41) is 0. The van der Waals surface area contributed by atoms with E-state index < -0.39 is 5.91 Å². The number of amides is 2. The van der Waals surface area contributed by atoms with Gasteiger partial charge in [-0.15, -0.1) is 0 Å². The third-order valence-corrected chi connectivity index (χ3v) is 4.76. The lowest BCUT2D eigenvalue weighted by Crippen LogP contribution is -2.29. The average Bonchev–Trinajstić information content (AvgIpc) is 2.93. The van der Waals surface area contributed by atoms with Crippen LogP contribution in [-0.4, -0.2) is 18.9 Å². The number of para-hydroxylation sites is 2. The molecular weight excluding hydrogens is 410 g/mol. The largest absolute Gasteiger partial charge is 0.495 e. The number of carbonyl (C=O) groups excluding carboxylic acids is 2. The van der Waals surface area contributed by atoms with Gasteiger partial charge in [-0.1, -0.05) is 28.1 Å². The molecule has 0 aliphatic carbocycles. The lowest BCUT2D eigenvalue weighted by molar-refractivity contribution is 0.0925. The van der Waals surface area contributed by atoms with Gasteiger partial charge in [0.15, 0.2) is 0 Å². The number of anilines is 1. The maximum atomic E-state index is 12.9. The van der Waals surface area contributed by atoms with E-state index in [4.69, 9.17) is 9.47 Å². The van der Waals surface area contributed by atoms with Gasteiger partial charge in [0.1, 0.15) is 17.2 Å². The summed E-state index contributed by atoms with van der Waals surface area (Å²) in [4.78, 5) is 26.8. The van der Waals surface area contributed by atoms with Gasteiger partial charge in [-0.25, -0.2) is 4.90 Å². The van der Waals surface area contributed by atoms with Crippen molar-refractivity contribution in [3.63, 3.8) is 0 Å². The van der Waals surface area contributed by atoms with Crippen LogP contribution in [0.25, 0.3) is 0 Å². The molecule has 6 heteroatoms. The van der Waals surface area contributed by atoms with Gasteiger partial charge in [0.2, 0.25) is 0 Å². The molecule has 1 aliphatic heterocycles. The number of hydrogen-bond acceptors (Lipinski definition) is 4. The second kappa shape index (κ2) is 6.89. The van der Waals surface area contributed by atoms with E-state index in [9.17, 15) is 9.59 Å². The number of carbonyl (C=O) groups is 2. The number of imide groups is 1. The van der Waals surface area contributed by atoms with Crippen LogP contribution in [0.5, 0.6) is 17.2 Å². The number of benzene rings is 3. The zero-order valence-electron chi connectivity index (χ0n) is 14.3. The van der Waals surface area contributed by atoms with E-state index in [1.54, 1.807) is 42.5 Å². The normalized spacial score (nSPS) is 12.9. The second-order valence-electron chi connectivity index (χ2n) is 5.88. The Kier molecular flexibility index (Phi) is 4.41. The maximum Gasteiger partial charge on any atom is 0.266 e.